The fraction of sp³-hybridized carbons (Fsp3) is 0.241. The summed E-state index contributed by atoms with van der Waals surface area (Å²) < 4.78 is 89.9. The van der Waals surface area contributed by atoms with Gasteiger partial charge in [0.2, 0.25) is 6.67 Å². The van der Waals surface area contributed by atoms with Crippen molar-refractivity contribution in [1.82, 2.24) is 9.13 Å². The van der Waals surface area contributed by atoms with Crippen molar-refractivity contribution in [2.45, 2.75) is 6.67 Å². The van der Waals surface area contributed by atoms with E-state index in [-0.39, 0.29) is 12.4 Å². The van der Waals surface area contributed by atoms with Crippen molar-refractivity contribution < 1.29 is 65.7 Å². The molecule has 0 bridgehead atoms. The molecule has 0 atom stereocenters. The van der Waals surface area contributed by atoms with Gasteiger partial charge in [0, 0.05) is 12.1 Å². The summed E-state index contributed by atoms with van der Waals surface area (Å²) in [6, 6.07) is 16.0. The minimum absolute atomic E-state index is 0. The number of halogens is 7. The van der Waals surface area contributed by atoms with Crippen LogP contribution in [0.25, 0.3) is 11.4 Å². The largest absolute Gasteiger partial charge is 1.00 e. The Bertz CT molecular complexity index is 1410. The van der Waals surface area contributed by atoms with E-state index in [1.807, 2.05) is 61.2 Å². The van der Waals surface area contributed by atoms with Gasteiger partial charge in [-0.3, -0.25) is 0 Å². The maximum atomic E-state index is 9.87. The van der Waals surface area contributed by atoms with Crippen LogP contribution in [0.3, 0.4) is 0 Å². The molecule has 0 amide bonds. The Morgan fingerprint density at radius 2 is 1.07 bits per heavy atom. The van der Waals surface area contributed by atoms with Crippen molar-refractivity contribution in [1.29, 1.82) is 0 Å². The van der Waals surface area contributed by atoms with Gasteiger partial charge in [-0.05, 0) is 24.3 Å². The molecule has 0 aliphatic rings. The van der Waals surface area contributed by atoms with Crippen molar-refractivity contribution in [3.8, 4) is 22.9 Å². The molecular formula is C29H34ClF6N4O4P. The van der Waals surface area contributed by atoms with Gasteiger partial charge in [-0.15, -0.1) is 13.2 Å². The van der Waals surface area contributed by atoms with Gasteiger partial charge >= 0.3 is 33.0 Å². The number of aromatic nitrogens is 4. The van der Waals surface area contributed by atoms with Gasteiger partial charge in [0.15, 0.2) is 0 Å². The first-order valence-electron chi connectivity index (χ1n) is 13.2. The summed E-state index contributed by atoms with van der Waals surface area (Å²) in [6.07, 6.45) is 15.7. The number of hydrogen-bond donors (Lipinski definition) is 0. The smallest absolute Gasteiger partial charge is 1.00 e. The number of nitrogens with zero attached hydrogens (tertiary/aromatic N) is 4. The predicted molar refractivity (Wildman–Crippen MR) is 154 cm³/mol. The van der Waals surface area contributed by atoms with E-state index in [9.17, 15) is 25.2 Å². The van der Waals surface area contributed by atoms with Gasteiger partial charge in [0.25, 0.3) is 12.7 Å². The van der Waals surface area contributed by atoms with E-state index in [0.29, 0.717) is 46.3 Å². The SMILES string of the molecule is C=CCOCCOc1cccc(-n2cc[n+](C[n+]3ccn(-c4cccc(OCCOCC=C)c4)c3)c2)c1.F[P-](F)(F)(F)(F)F.[Cl-]. The second-order valence-corrected chi connectivity index (χ2v) is 11.1. The molecule has 0 aliphatic heterocycles. The minimum Gasteiger partial charge on any atom is -1.00 e. The summed E-state index contributed by atoms with van der Waals surface area (Å²) in [4.78, 5) is 0. The topological polar surface area (TPSA) is 54.5 Å². The van der Waals surface area contributed by atoms with Crippen LogP contribution in [0, 0.1) is 0 Å². The van der Waals surface area contributed by atoms with Gasteiger partial charge in [0.1, 0.15) is 60.9 Å². The zero-order valence-corrected chi connectivity index (χ0v) is 25.8. The first kappa shape index (κ1) is 37.3. The zero-order valence-electron chi connectivity index (χ0n) is 24.1. The standard InChI is InChI=1S/C29H34N4O4.ClH.F6P/c1-3-15-34-17-19-36-28-9-5-7-26(21-28)32-13-11-30(24-32)23-31-12-14-33(25-31)27-8-6-10-29(22-27)37-20-18-35-16-4-2;;1-7(2,3,4,5)6/h3-14,21-22,24-25H,1-2,15-20,23H2;1H;/q+2;;-1/p-1. The molecule has 2 aromatic heterocycles. The van der Waals surface area contributed by atoms with Crippen LogP contribution in [-0.2, 0) is 16.1 Å². The first-order chi connectivity index (χ1) is 20.7. The van der Waals surface area contributed by atoms with Crippen LogP contribution in [-0.4, -0.2) is 48.8 Å². The van der Waals surface area contributed by atoms with E-state index in [1.54, 1.807) is 12.2 Å². The fourth-order valence-electron chi connectivity index (χ4n) is 3.69. The molecule has 16 heteroatoms. The zero-order chi connectivity index (χ0) is 32.1. The summed E-state index contributed by atoms with van der Waals surface area (Å²) in [5, 5.41) is 0. The Labute approximate surface area is 263 Å². The molecule has 2 aromatic carbocycles. The van der Waals surface area contributed by atoms with E-state index in [4.69, 9.17) is 18.9 Å². The summed E-state index contributed by atoms with van der Waals surface area (Å²) in [7, 11) is -10.7. The molecule has 8 nitrogen and oxygen atoms in total. The number of rotatable bonds is 16. The number of imidazole rings is 2. The maximum absolute atomic E-state index is 10.7. The molecular weight excluding hydrogens is 649 g/mol. The van der Waals surface area contributed by atoms with E-state index in [0.717, 1.165) is 22.9 Å². The molecule has 0 aliphatic carbocycles. The van der Waals surface area contributed by atoms with Crippen molar-refractivity contribution in [3.63, 3.8) is 0 Å². The van der Waals surface area contributed by atoms with E-state index >= 15 is 0 Å². The molecule has 0 unspecified atom stereocenters. The van der Waals surface area contributed by atoms with Crippen LogP contribution in [0.4, 0.5) is 25.2 Å². The summed E-state index contributed by atoms with van der Waals surface area (Å²) in [6.45, 7) is 11.1. The Balaban J connectivity index is 0.000000791. The molecule has 4 rings (SSSR count). The van der Waals surface area contributed by atoms with Crippen LogP contribution < -0.4 is 31.0 Å². The average molecular weight is 683 g/mol. The van der Waals surface area contributed by atoms with Gasteiger partial charge in [-0.25, -0.2) is 9.13 Å². The molecule has 0 spiro atoms. The van der Waals surface area contributed by atoms with Crippen LogP contribution >= 0.6 is 7.81 Å². The molecule has 0 saturated carbocycles. The minimum atomic E-state index is -10.7. The van der Waals surface area contributed by atoms with E-state index in [2.05, 4.69) is 56.2 Å². The number of benzene rings is 2. The van der Waals surface area contributed by atoms with Gasteiger partial charge in [-0.2, -0.15) is 9.13 Å². The third kappa shape index (κ3) is 16.2. The third-order valence-corrected chi connectivity index (χ3v) is 5.41. The van der Waals surface area contributed by atoms with Crippen molar-refractivity contribution in [3.05, 3.63) is 111 Å². The van der Waals surface area contributed by atoms with Gasteiger partial charge in [0.05, 0.1) is 26.4 Å². The van der Waals surface area contributed by atoms with Gasteiger partial charge < -0.3 is 31.4 Å². The van der Waals surface area contributed by atoms with Crippen LogP contribution in [0.1, 0.15) is 0 Å². The molecule has 0 radical (unpaired) electrons. The number of ether oxygens (including phenoxy) is 4. The fourth-order valence-corrected chi connectivity index (χ4v) is 3.69. The van der Waals surface area contributed by atoms with Crippen LogP contribution in [0.5, 0.6) is 11.5 Å². The van der Waals surface area contributed by atoms with E-state index in [1.165, 1.54) is 0 Å². The van der Waals surface area contributed by atoms with Crippen molar-refractivity contribution in [2.75, 3.05) is 39.6 Å². The monoisotopic (exact) mass is 682 g/mol. The number of hydrogen-bond acceptors (Lipinski definition) is 4. The molecule has 4 aromatic rings. The maximum Gasteiger partial charge on any atom is -1.00 e. The molecule has 45 heavy (non-hydrogen) atoms. The quantitative estimate of drug-likeness (QED) is 0.0592. The Hall–Kier alpha value is -3.84. The normalized spacial score (nSPS) is 12.5. The molecule has 0 N–H and O–H groups in total. The van der Waals surface area contributed by atoms with E-state index < -0.39 is 7.81 Å². The van der Waals surface area contributed by atoms with Gasteiger partial charge in [-0.1, -0.05) is 24.3 Å². The third-order valence-electron chi connectivity index (χ3n) is 5.41. The Morgan fingerprint density at radius 3 is 1.44 bits per heavy atom. The first-order valence-corrected chi connectivity index (χ1v) is 15.3. The summed E-state index contributed by atoms with van der Waals surface area (Å²) in [5.74, 6) is 1.61. The second-order valence-electron chi connectivity index (χ2n) is 9.19. The van der Waals surface area contributed by atoms with Crippen LogP contribution in [0.15, 0.2) is 111 Å². The summed E-state index contributed by atoms with van der Waals surface area (Å²) >= 11 is 0. The van der Waals surface area contributed by atoms with Crippen molar-refractivity contribution >= 4 is 7.81 Å². The predicted octanol–water partition coefficient (Wildman–Crippen LogP) is 3.90. The Morgan fingerprint density at radius 1 is 0.667 bits per heavy atom. The molecule has 248 valence electrons. The molecule has 2 heterocycles. The van der Waals surface area contributed by atoms with Crippen LogP contribution in [0.2, 0.25) is 0 Å². The summed E-state index contributed by atoms with van der Waals surface area (Å²) in [5.41, 5.74) is 2.05. The second kappa shape index (κ2) is 15.9. The van der Waals surface area contributed by atoms with Crippen molar-refractivity contribution in [2.24, 2.45) is 0 Å². The Kier molecular flexibility index (Phi) is 13.2. The molecule has 0 saturated heterocycles. The molecule has 0 fully saturated rings. The average Bonchev–Trinajstić information content (AvgIpc) is 3.62.